The number of hydrogen-bond acceptors (Lipinski definition) is 6. The van der Waals surface area contributed by atoms with E-state index in [-0.39, 0.29) is 18.0 Å². The van der Waals surface area contributed by atoms with Crippen molar-refractivity contribution in [1.82, 2.24) is 14.3 Å². The lowest BCUT2D eigenvalue weighted by Crippen LogP contribution is -2.30. The van der Waals surface area contributed by atoms with Gasteiger partial charge in [-0.2, -0.15) is 4.31 Å². The van der Waals surface area contributed by atoms with Gasteiger partial charge in [0, 0.05) is 18.9 Å². The number of aromatic nitrogens is 2. The summed E-state index contributed by atoms with van der Waals surface area (Å²) in [6.07, 6.45) is 2.89. The van der Waals surface area contributed by atoms with Gasteiger partial charge in [0.2, 0.25) is 10.0 Å². The third-order valence-corrected chi connectivity index (χ3v) is 7.01. The van der Waals surface area contributed by atoms with Crippen LogP contribution in [0.3, 0.4) is 0 Å². The van der Waals surface area contributed by atoms with E-state index >= 15 is 0 Å². The number of nitrogens with zero attached hydrogens (tertiary/aromatic N) is 3. The zero-order valence-electron chi connectivity index (χ0n) is 18.8. The Kier molecular flexibility index (Phi) is 7.20. The largest absolute Gasteiger partial charge is 0.494 e. The molecule has 0 saturated carbocycles. The fourth-order valence-electron chi connectivity index (χ4n) is 3.58. The number of pyridine rings is 2. The first-order valence-corrected chi connectivity index (χ1v) is 12.3. The number of hydrogen-bond donors (Lipinski definition) is 1. The van der Waals surface area contributed by atoms with E-state index in [1.54, 1.807) is 30.5 Å². The molecule has 0 radical (unpaired) electrons. The average molecular weight is 475 g/mol. The summed E-state index contributed by atoms with van der Waals surface area (Å²) in [6, 6.07) is 24.0. The van der Waals surface area contributed by atoms with Crippen LogP contribution < -0.4 is 10.5 Å². The molecule has 0 aliphatic rings. The summed E-state index contributed by atoms with van der Waals surface area (Å²) in [5.41, 5.74) is 9.27. The molecule has 0 amide bonds. The first kappa shape index (κ1) is 23.4. The number of nitrogens with two attached hydrogens (primary N) is 1. The van der Waals surface area contributed by atoms with Gasteiger partial charge < -0.3 is 10.5 Å². The van der Waals surface area contributed by atoms with Gasteiger partial charge in [-0.1, -0.05) is 42.5 Å². The van der Waals surface area contributed by atoms with Crippen LogP contribution >= 0.6 is 0 Å². The molecule has 0 unspecified atom stereocenters. The Morgan fingerprint density at radius 2 is 1.71 bits per heavy atom. The van der Waals surface area contributed by atoms with Crippen LogP contribution in [0.15, 0.2) is 96.2 Å². The summed E-state index contributed by atoms with van der Waals surface area (Å²) in [6.45, 7) is 2.81. The summed E-state index contributed by atoms with van der Waals surface area (Å²) < 4.78 is 33.8. The molecule has 2 aromatic heterocycles. The summed E-state index contributed by atoms with van der Waals surface area (Å²) in [5.74, 6) is 1.15. The molecule has 0 saturated heterocycles. The first-order valence-electron chi connectivity index (χ1n) is 10.9. The third-order valence-electron chi connectivity index (χ3n) is 5.23. The molecule has 4 aromatic rings. The third kappa shape index (κ3) is 5.59. The molecular weight excluding hydrogens is 448 g/mol. The molecule has 0 spiro atoms. The van der Waals surface area contributed by atoms with Gasteiger partial charge in [-0.05, 0) is 60.0 Å². The van der Waals surface area contributed by atoms with Gasteiger partial charge in [-0.3, -0.25) is 4.98 Å². The molecular formula is C26H26N4O3S. The van der Waals surface area contributed by atoms with Gasteiger partial charge in [0.1, 0.15) is 16.5 Å². The van der Waals surface area contributed by atoms with Gasteiger partial charge in [0.05, 0.1) is 18.8 Å². The van der Waals surface area contributed by atoms with Crippen molar-refractivity contribution in [3.05, 3.63) is 103 Å². The minimum atomic E-state index is -3.81. The van der Waals surface area contributed by atoms with E-state index in [0.717, 1.165) is 22.4 Å². The Bertz CT molecular complexity index is 1340. The quantitative estimate of drug-likeness (QED) is 0.383. The van der Waals surface area contributed by atoms with Gasteiger partial charge >= 0.3 is 0 Å². The van der Waals surface area contributed by atoms with Crippen LogP contribution in [0.25, 0.3) is 11.1 Å². The van der Waals surface area contributed by atoms with Crippen molar-refractivity contribution in [3.8, 4) is 16.9 Å². The van der Waals surface area contributed by atoms with Crippen LogP contribution in [-0.2, 0) is 23.1 Å². The van der Waals surface area contributed by atoms with Crippen molar-refractivity contribution in [2.24, 2.45) is 0 Å². The molecule has 2 heterocycles. The summed E-state index contributed by atoms with van der Waals surface area (Å²) in [4.78, 5) is 8.39. The molecule has 2 N–H and O–H groups in total. The van der Waals surface area contributed by atoms with E-state index in [1.165, 1.54) is 16.6 Å². The molecule has 8 heteroatoms. The minimum Gasteiger partial charge on any atom is -0.494 e. The maximum atomic E-state index is 13.4. The predicted molar refractivity (Wildman–Crippen MR) is 132 cm³/mol. The molecule has 0 bridgehead atoms. The number of rotatable bonds is 9. The van der Waals surface area contributed by atoms with Gasteiger partial charge in [0.15, 0.2) is 0 Å². The van der Waals surface area contributed by atoms with Crippen LogP contribution in [0, 0.1) is 0 Å². The standard InChI is InChI=1S/C26H26N4O3S/c1-2-33-24-8-3-6-22(16-24)21-13-11-20(12-14-21)18-30(19-23-7-4-10-26(27)29-23)34(31,32)25-9-5-15-28-17-25/h3-17H,2,18-19H2,1H3,(H2,27,29). The van der Waals surface area contributed by atoms with Crippen LogP contribution in [0.2, 0.25) is 0 Å². The van der Waals surface area contributed by atoms with Crippen LogP contribution in [-0.4, -0.2) is 29.3 Å². The number of benzene rings is 2. The van der Waals surface area contributed by atoms with E-state index in [2.05, 4.69) is 9.97 Å². The highest BCUT2D eigenvalue weighted by molar-refractivity contribution is 7.89. The second kappa shape index (κ2) is 10.5. The smallest absolute Gasteiger partial charge is 0.245 e. The Hall–Kier alpha value is -3.75. The van der Waals surface area contributed by atoms with Crippen molar-refractivity contribution >= 4 is 15.8 Å². The lowest BCUT2D eigenvalue weighted by Gasteiger charge is -2.22. The minimum absolute atomic E-state index is 0.0838. The van der Waals surface area contributed by atoms with E-state index in [1.807, 2.05) is 55.5 Å². The number of nitrogen functional groups attached to an aromatic ring is 1. The summed E-state index contributed by atoms with van der Waals surface area (Å²) in [5, 5.41) is 0. The van der Waals surface area contributed by atoms with Gasteiger partial charge in [-0.25, -0.2) is 13.4 Å². The Balaban J connectivity index is 1.61. The molecule has 0 atom stereocenters. The Labute approximate surface area is 199 Å². The van der Waals surface area contributed by atoms with Crippen molar-refractivity contribution in [3.63, 3.8) is 0 Å². The van der Waals surface area contributed by atoms with Crippen molar-refractivity contribution in [1.29, 1.82) is 0 Å². The highest BCUT2D eigenvalue weighted by Crippen LogP contribution is 2.26. The fourth-order valence-corrected chi connectivity index (χ4v) is 4.94. The molecule has 7 nitrogen and oxygen atoms in total. The Morgan fingerprint density at radius 3 is 2.41 bits per heavy atom. The molecule has 174 valence electrons. The van der Waals surface area contributed by atoms with Crippen LogP contribution in [0.5, 0.6) is 5.75 Å². The lowest BCUT2D eigenvalue weighted by atomic mass is 10.0. The zero-order valence-corrected chi connectivity index (χ0v) is 19.7. The SMILES string of the molecule is CCOc1cccc(-c2ccc(CN(Cc3cccc(N)n3)S(=O)(=O)c3cccnc3)cc2)c1. The second-order valence-corrected chi connectivity index (χ2v) is 9.61. The summed E-state index contributed by atoms with van der Waals surface area (Å²) in [7, 11) is -3.81. The van der Waals surface area contributed by atoms with Crippen molar-refractivity contribution in [2.45, 2.75) is 24.9 Å². The van der Waals surface area contributed by atoms with Crippen LogP contribution in [0.1, 0.15) is 18.2 Å². The average Bonchev–Trinajstić information content (AvgIpc) is 2.85. The normalized spacial score (nSPS) is 11.5. The molecule has 4 rings (SSSR count). The highest BCUT2D eigenvalue weighted by Gasteiger charge is 2.25. The summed E-state index contributed by atoms with van der Waals surface area (Å²) >= 11 is 0. The van der Waals surface area contributed by atoms with Crippen molar-refractivity contribution < 1.29 is 13.2 Å². The monoisotopic (exact) mass is 474 g/mol. The number of ether oxygens (including phenoxy) is 1. The van der Waals surface area contributed by atoms with Crippen molar-refractivity contribution in [2.75, 3.05) is 12.3 Å². The van der Waals surface area contributed by atoms with Gasteiger partial charge in [-0.15, -0.1) is 0 Å². The second-order valence-electron chi connectivity index (χ2n) is 7.67. The highest BCUT2D eigenvalue weighted by atomic mass is 32.2. The molecule has 34 heavy (non-hydrogen) atoms. The predicted octanol–water partition coefficient (Wildman–Crippen LogP) is 4.52. The number of sulfonamides is 1. The van der Waals surface area contributed by atoms with E-state index < -0.39 is 10.0 Å². The zero-order chi connectivity index (χ0) is 24.0. The number of anilines is 1. The van der Waals surface area contributed by atoms with Crippen LogP contribution in [0.4, 0.5) is 5.82 Å². The molecule has 0 aliphatic heterocycles. The maximum absolute atomic E-state index is 13.4. The lowest BCUT2D eigenvalue weighted by molar-refractivity contribution is 0.340. The fraction of sp³-hybridized carbons (Fsp3) is 0.154. The first-order chi connectivity index (χ1) is 16.5. The molecule has 0 aliphatic carbocycles. The molecule has 2 aromatic carbocycles. The topological polar surface area (TPSA) is 98.4 Å². The van der Waals surface area contributed by atoms with E-state index in [4.69, 9.17) is 10.5 Å². The van der Waals surface area contributed by atoms with E-state index in [9.17, 15) is 8.42 Å². The maximum Gasteiger partial charge on any atom is 0.245 e. The van der Waals surface area contributed by atoms with Gasteiger partial charge in [0.25, 0.3) is 0 Å². The molecule has 0 fully saturated rings. The Morgan fingerprint density at radius 1 is 0.912 bits per heavy atom. The van der Waals surface area contributed by atoms with E-state index in [0.29, 0.717) is 18.1 Å².